The molecule has 0 bridgehead atoms. The van der Waals surface area contributed by atoms with Crippen molar-refractivity contribution in [2.45, 2.75) is 19.4 Å². The third kappa shape index (κ3) is 2.34. The van der Waals surface area contributed by atoms with Crippen molar-refractivity contribution in [1.29, 1.82) is 0 Å². The molecule has 2 rings (SSSR count). The van der Waals surface area contributed by atoms with Gasteiger partial charge in [0.1, 0.15) is 6.04 Å². The lowest BCUT2D eigenvalue weighted by Crippen LogP contribution is -2.40. The number of carbonyl (C=O) groups excluding carboxylic acids is 2. The number of rotatable bonds is 2. The van der Waals surface area contributed by atoms with E-state index >= 15 is 0 Å². The summed E-state index contributed by atoms with van der Waals surface area (Å²) in [6.45, 7) is 1.41. The molecule has 1 saturated heterocycles. The molecule has 1 fully saturated rings. The van der Waals surface area contributed by atoms with Crippen LogP contribution in [-0.4, -0.2) is 27.9 Å². The minimum Gasteiger partial charge on any atom is -0.301 e. The Kier molecular flexibility index (Phi) is 3.19. The molecule has 0 radical (unpaired) electrons. The summed E-state index contributed by atoms with van der Waals surface area (Å²) < 4.78 is 0. The Morgan fingerprint density at radius 1 is 1.41 bits per heavy atom. The number of nitrogens with zero attached hydrogens (tertiary/aromatic N) is 1. The minimum absolute atomic E-state index is 0.198. The second-order valence-corrected chi connectivity index (χ2v) is 4.28. The zero-order valence-corrected chi connectivity index (χ0v) is 10.2. The lowest BCUT2D eigenvalue weighted by atomic mass is 10.1. The first-order chi connectivity index (χ1) is 8.09. The highest BCUT2D eigenvalue weighted by Crippen LogP contribution is 2.14. The number of carbonyl (C=O) groups is 2. The van der Waals surface area contributed by atoms with Gasteiger partial charge < -0.3 is 5.32 Å². The Morgan fingerprint density at radius 2 is 2.06 bits per heavy atom. The van der Waals surface area contributed by atoms with Gasteiger partial charge in [-0.25, -0.2) is 0 Å². The van der Waals surface area contributed by atoms with Crippen LogP contribution in [0, 0.1) is 0 Å². The van der Waals surface area contributed by atoms with Crippen LogP contribution in [0.4, 0.5) is 0 Å². The van der Waals surface area contributed by atoms with E-state index in [4.69, 9.17) is 12.2 Å². The van der Waals surface area contributed by atoms with Gasteiger partial charge in [0.05, 0.1) is 0 Å². The van der Waals surface area contributed by atoms with Crippen LogP contribution in [0.2, 0.25) is 0 Å². The molecule has 1 aliphatic heterocycles. The zero-order chi connectivity index (χ0) is 12.4. The number of benzene rings is 1. The molecular formula is C12H12N2O2S. The SMILES string of the molecule is CC(=O)N1C(=S)NC(=O)[C@H]1Cc1ccccc1. The van der Waals surface area contributed by atoms with Gasteiger partial charge in [0.25, 0.3) is 0 Å². The zero-order valence-electron chi connectivity index (χ0n) is 9.34. The summed E-state index contributed by atoms with van der Waals surface area (Å²) in [6.07, 6.45) is 0.479. The third-order valence-electron chi connectivity index (χ3n) is 2.67. The predicted octanol–water partition coefficient (Wildman–Crippen LogP) is 0.861. The van der Waals surface area contributed by atoms with Crippen molar-refractivity contribution in [2.24, 2.45) is 0 Å². The van der Waals surface area contributed by atoms with E-state index in [1.165, 1.54) is 11.8 Å². The molecule has 88 valence electrons. The van der Waals surface area contributed by atoms with E-state index in [2.05, 4.69) is 5.32 Å². The van der Waals surface area contributed by atoms with Gasteiger partial charge in [-0.05, 0) is 17.8 Å². The Hall–Kier alpha value is -1.75. The van der Waals surface area contributed by atoms with Crippen LogP contribution in [-0.2, 0) is 16.0 Å². The van der Waals surface area contributed by atoms with Gasteiger partial charge in [0.2, 0.25) is 11.8 Å². The molecular weight excluding hydrogens is 236 g/mol. The van der Waals surface area contributed by atoms with Crippen LogP contribution in [0.15, 0.2) is 30.3 Å². The molecule has 1 N–H and O–H groups in total. The second-order valence-electron chi connectivity index (χ2n) is 3.89. The molecule has 17 heavy (non-hydrogen) atoms. The molecule has 0 saturated carbocycles. The number of nitrogens with one attached hydrogen (secondary N) is 1. The smallest absolute Gasteiger partial charge is 0.249 e. The highest BCUT2D eigenvalue weighted by Gasteiger charge is 2.38. The van der Waals surface area contributed by atoms with E-state index in [-0.39, 0.29) is 16.9 Å². The molecule has 1 heterocycles. The van der Waals surface area contributed by atoms with Gasteiger partial charge in [-0.3, -0.25) is 14.5 Å². The van der Waals surface area contributed by atoms with Crippen molar-refractivity contribution in [2.75, 3.05) is 0 Å². The molecule has 1 aromatic carbocycles. The summed E-state index contributed by atoms with van der Waals surface area (Å²) in [5.41, 5.74) is 1.00. The molecule has 5 heteroatoms. The van der Waals surface area contributed by atoms with Crippen molar-refractivity contribution in [3.63, 3.8) is 0 Å². The molecule has 0 aliphatic carbocycles. The topological polar surface area (TPSA) is 49.4 Å². The molecule has 2 amide bonds. The van der Waals surface area contributed by atoms with Gasteiger partial charge in [0, 0.05) is 13.3 Å². The van der Waals surface area contributed by atoms with Crippen LogP contribution >= 0.6 is 12.2 Å². The number of hydrogen-bond acceptors (Lipinski definition) is 3. The monoisotopic (exact) mass is 248 g/mol. The van der Waals surface area contributed by atoms with Gasteiger partial charge in [0.15, 0.2) is 5.11 Å². The predicted molar refractivity (Wildman–Crippen MR) is 67.2 cm³/mol. The Bertz CT molecular complexity index is 473. The summed E-state index contributed by atoms with van der Waals surface area (Å²) in [5, 5.41) is 2.71. The molecule has 0 unspecified atom stereocenters. The number of amides is 2. The van der Waals surface area contributed by atoms with Crippen LogP contribution in [0.25, 0.3) is 0 Å². The fourth-order valence-corrected chi connectivity index (χ4v) is 2.25. The van der Waals surface area contributed by atoms with Gasteiger partial charge in [-0.2, -0.15) is 0 Å². The maximum Gasteiger partial charge on any atom is 0.249 e. The van der Waals surface area contributed by atoms with E-state index in [0.29, 0.717) is 6.42 Å². The quantitative estimate of drug-likeness (QED) is 0.790. The summed E-state index contributed by atoms with van der Waals surface area (Å²) in [6, 6.07) is 9.03. The summed E-state index contributed by atoms with van der Waals surface area (Å²) in [7, 11) is 0. The highest BCUT2D eigenvalue weighted by molar-refractivity contribution is 7.80. The van der Waals surface area contributed by atoms with E-state index < -0.39 is 6.04 Å². The van der Waals surface area contributed by atoms with Crippen LogP contribution in [0.3, 0.4) is 0 Å². The lowest BCUT2D eigenvalue weighted by molar-refractivity contribution is -0.131. The fraction of sp³-hybridized carbons (Fsp3) is 0.250. The highest BCUT2D eigenvalue weighted by atomic mass is 32.1. The maximum atomic E-state index is 11.7. The molecule has 1 aliphatic rings. The van der Waals surface area contributed by atoms with Crippen LogP contribution in [0.1, 0.15) is 12.5 Å². The largest absolute Gasteiger partial charge is 0.301 e. The molecule has 1 atom stereocenters. The molecule has 4 nitrogen and oxygen atoms in total. The minimum atomic E-state index is -0.526. The Balaban J connectivity index is 2.21. The van der Waals surface area contributed by atoms with Gasteiger partial charge in [-0.15, -0.1) is 0 Å². The molecule has 0 aromatic heterocycles. The normalized spacial score (nSPS) is 19.4. The van der Waals surface area contributed by atoms with E-state index in [0.717, 1.165) is 5.56 Å². The Morgan fingerprint density at radius 3 is 2.65 bits per heavy atom. The summed E-state index contributed by atoms with van der Waals surface area (Å²) in [4.78, 5) is 24.5. The van der Waals surface area contributed by atoms with Crippen molar-refractivity contribution in [3.8, 4) is 0 Å². The van der Waals surface area contributed by atoms with Gasteiger partial charge >= 0.3 is 0 Å². The average molecular weight is 248 g/mol. The van der Waals surface area contributed by atoms with E-state index in [1.807, 2.05) is 30.3 Å². The third-order valence-corrected chi connectivity index (χ3v) is 2.97. The number of thiocarbonyl (C=S) groups is 1. The first-order valence-corrected chi connectivity index (χ1v) is 5.69. The lowest BCUT2D eigenvalue weighted by Gasteiger charge is -2.19. The first kappa shape index (κ1) is 11.7. The van der Waals surface area contributed by atoms with Crippen molar-refractivity contribution in [3.05, 3.63) is 35.9 Å². The Labute approximate surface area is 105 Å². The maximum absolute atomic E-state index is 11.7. The standard InChI is InChI=1S/C12H12N2O2S/c1-8(15)14-10(11(16)13-12(14)17)7-9-5-3-2-4-6-9/h2-6,10H,7H2,1H3,(H,13,16,17)/t10-/m1/s1. The number of hydrogen-bond donors (Lipinski definition) is 1. The first-order valence-electron chi connectivity index (χ1n) is 5.28. The van der Waals surface area contributed by atoms with E-state index in [9.17, 15) is 9.59 Å². The van der Waals surface area contributed by atoms with Crippen LogP contribution in [0.5, 0.6) is 0 Å². The molecule has 1 aromatic rings. The van der Waals surface area contributed by atoms with Crippen LogP contribution < -0.4 is 5.32 Å². The van der Waals surface area contributed by atoms with Crippen molar-refractivity contribution in [1.82, 2.24) is 10.2 Å². The second kappa shape index (κ2) is 4.63. The van der Waals surface area contributed by atoms with Gasteiger partial charge in [-0.1, -0.05) is 30.3 Å². The summed E-state index contributed by atoms with van der Waals surface area (Å²) >= 11 is 4.96. The average Bonchev–Trinajstić information content (AvgIpc) is 2.55. The fourth-order valence-electron chi connectivity index (χ4n) is 1.89. The van der Waals surface area contributed by atoms with E-state index in [1.54, 1.807) is 0 Å². The van der Waals surface area contributed by atoms with Crippen molar-refractivity contribution < 1.29 is 9.59 Å². The van der Waals surface area contributed by atoms with Crippen molar-refractivity contribution >= 4 is 29.1 Å². The molecule has 0 spiro atoms. The summed E-state index contributed by atoms with van der Waals surface area (Å²) in [5.74, 6) is -0.427.